The summed E-state index contributed by atoms with van der Waals surface area (Å²) in [4.78, 5) is 33.4. The van der Waals surface area contributed by atoms with Crippen molar-refractivity contribution in [2.24, 2.45) is 0 Å². The molecule has 1 aromatic carbocycles. The van der Waals surface area contributed by atoms with Crippen molar-refractivity contribution >= 4 is 11.8 Å². The van der Waals surface area contributed by atoms with E-state index in [1.807, 2.05) is 37.3 Å². The zero-order valence-electron chi connectivity index (χ0n) is 16.1. The van der Waals surface area contributed by atoms with Crippen molar-refractivity contribution in [1.82, 2.24) is 35.2 Å². The first kappa shape index (κ1) is 19.3. The lowest BCUT2D eigenvalue weighted by atomic mass is 10.2. The number of nitrogens with one attached hydrogen (secondary N) is 2. The van der Waals surface area contributed by atoms with Crippen LogP contribution >= 0.6 is 0 Å². The maximum atomic E-state index is 12.5. The smallest absolute Gasteiger partial charge is 0.274 e. The van der Waals surface area contributed by atoms with Crippen molar-refractivity contribution in [3.05, 3.63) is 54.2 Å². The van der Waals surface area contributed by atoms with Crippen LogP contribution in [-0.2, 0) is 11.3 Å². The molecule has 0 spiro atoms. The van der Waals surface area contributed by atoms with Crippen LogP contribution in [0, 0.1) is 0 Å². The van der Waals surface area contributed by atoms with Crippen molar-refractivity contribution < 1.29 is 9.59 Å². The number of carbonyl (C=O) groups is 2. The second-order valence-electron chi connectivity index (χ2n) is 6.57. The van der Waals surface area contributed by atoms with Gasteiger partial charge in [-0.15, -0.1) is 5.10 Å². The number of nitrogens with zero attached hydrogens (tertiary/aromatic N) is 5. The molecule has 2 N–H and O–H groups in total. The molecule has 0 fully saturated rings. The Balaban J connectivity index is 1.68. The van der Waals surface area contributed by atoms with Crippen LogP contribution < -0.4 is 5.32 Å². The molecule has 2 heterocycles. The third-order valence-electron chi connectivity index (χ3n) is 4.29. The third-order valence-corrected chi connectivity index (χ3v) is 4.29. The number of rotatable bonds is 7. The summed E-state index contributed by atoms with van der Waals surface area (Å²) in [6.45, 7) is 1.99. The summed E-state index contributed by atoms with van der Waals surface area (Å²) in [5.41, 5.74) is 2.06. The molecule has 1 unspecified atom stereocenters. The molecule has 9 nitrogen and oxygen atoms in total. The molecule has 0 aliphatic heterocycles. The van der Waals surface area contributed by atoms with Gasteiger partial charge in [-0.05, 0) is 12.0 Å². The van der Waals surface area contributed by atoms with Crippen LogP contribution in [0.3, 0.4) is 0 Å². The molecule has 146 valence electrons. The fourth-order valence-electron chi connectivity index (χ4n) is 2.63. The fraction of sp³-hybridized carbons (Fsp3) is 0.316. The van der Waals surface area contributed by atoms with Crippen LogP contribution in [0.4, 0.5) is 0 Å². The van der Waals surface area contributed by atoms with Crippen molar-refractivity contribution in [3.8, 4) is 11.3 Å². The Bertz CT molecular complexity index is 946. The molecule has 2 aromatic heterocycles. The second kappa shape index (κ2) is 8.47. The van der Waals surface area contributed by atoms with Gasteiger partial charge in [0.15, 0.2) is 5.69 Å². The van der Waals surface area contributed by atoms with E-state index in [0.29, 0.717) is 12.2 Å². The van der Waals surface area contributed by atoms with Crippen molar-refractivity contribution in [2.75, 3.05) is 14.1 Å². The monoisotopic (exact) mass is 381 g/mol. The Labute approximate surface area is 162 Å². The number of likely N-dealkylation sites (N-methyl/N-ethyl adjacent to an activating group) is 1. The van der Waals surface area contributed by atoms with E-state index in [2.05, 4.69) is 25.6 Å². The van der Waals surface area contributed by atoms with Gasteiger partial charge < -0.3 is 15.2 Å². The molecule has 0 saturated heterocycles. The minimum Gasteiger partial charge on any atom is -0.347 e. The van der Waals surface area contributed by atoms with Crippen molar-refractivity contribution in [2.45, 2.75) is 25.9 Å². The Hall–Kier alpha value is -3.49. The molecule has 0 radical (unpaired) electrons. The molecule has 0 aliphatic rings. The lowest BCUT2D eigenvalue weighted by molar-refractivity contribution is -0.129. The number of carbonyl (C=O) groups excluding carboxylic acids is 2. The predicted octanol–water partition coefficient (Wildman–Crippen LogP) is 1.64. The van der Waals surface area contributed by atoms with E-state index < -0.39 is 0 Å². The minimum atomic E-state index is -0.368. The van der Waals surface area contributed by atoms with Crippen LogP contribution in [0.1, 0.15) is 35.7 Å². The maximum absolute atomic E-state index is 12.5. The van der Waals surface area contributed by atoms with E-state index in [4.69, 9.17) is 0 Å². The van der Waals surface area contributed by atoms with Gasteiger partial charge in [-0.2, -0.15) is 0 Å². The van der Waals surface area contributed by atoms with Gasteiger partial charge in [0.1, 0.15) is 12.4 Å². The Morgan fingerprint density at radius 3 is 2.68 bits per heavy atom. The number of amides is 2. The number of benzene rings is 1. The third kappa shape index (κ3) is 4.43. The van der Waals surface area contributed by atoms with Crippen LogP contribution in [0.25, 0.3) is 11.3 Å². The first-order chi connectivity index (χ1) is 13.5. The van der Waals surface area contributed by atoms with Crippen LogP contribution in [0.2, 0.25) is 0 Å². The average Bonchev–Trinajstić information content (AvgIpc) is 3.36. The average molecular weight is 381 g/mol. The molecular weight excluding hydrogens is 358 g/mol. The van der Waals surface area contributed by atoms with Crippen molar-refractivity contribution in [1.29, 1.82) is 0 Å². The summed E-state index contributed by atoms with van der Waals surface area (Å²) in [6, 6.07) is 9.56. The standard InChI is InChI=1S/C19H23N7O2/c1-4-14(18-20-10-15(21-18)13-8-6-5-7-9-13)22-19(28)16-11-26(24-23-16)12-17(27)25(2)3/h5-11,14H,4,12H2,1-3H3,(H,20,21)(H,22,28). The van der Waals surface area contributed by atoms with Gasteiger partial charge in [0, 0.05) is 14.1 Å². The summed E-state index contributed by atoms with van der Waals surface area (Å²) >= 11 is 0. The summed E-state index contributed by atoms with van der Waals surface area (Å²) in [6.07, 6.45) is 3.87. The summed E-state index contributed by atoms with van der Waals surface area (Å²) in [5, 5.41) is 10.6. The largest absolute Gasteiger partial charge is 0.347 e. The number of hydrogen-bond acceptors (Lipinski definition) is 5. The van der Waals surface area contributed by atoms with Crippen LogP contribution in [0.5, 0.6) is 0 Å². The Morgan fingerprint density at radius 1 is 1.25 bits per heavy atom. The topological polar surface area (TPSA) is 109 Å². The van der Waals surface area contributed by atoms with E-state index in [1.54, 1.807) is 20.3 Å². The molecule has 1 atom stereocenters. The van der Waals surface area contributed by atoms with Gasteiger partial charge in [-0.1, -0.05) is 42.5 Å². The SMILES string of the molecule is CCC(NC(=O)c1cn(CC(=O)N(C)C)nn1)c1ncc(-c2ccccc2)[nH]1. The first-order valence-electron chi connectivity index (χ1n) is 8.99. The Morgan fingerprint density at radius 2 is 2.00 bits per heavy atom. The maximum Gasteiger partial charge on any atom is 0.274 e. The molecule has 3 rings (SSSR count). The number of H-pyrrole nitrogens is 1. The Kier molecular flexibility index (Phi) is 5.83. The molecule has 0 bridgehead atoms. The van der Waals surface area contributed by atoms with E-state index in [9.17, 15) is 9.59 Å². The molecular formula is C19H23N7O2. The lowest BCUT2D eigenvalue weighted by Crippen LogP contribution is -2.29. The van der Waals surface area contributed by atoms with Gasteiger partial charge in [0.2, 0.25) is 5.91 Å². The summed E-state index contributed by atoms with van der Waals surface area (Å²) in [7, 11) is 3.32. The number of imidazole rings is 1. The molecule has 0 saturated carbocycles. The molecule has 9 heteroatoms. The quantitative estimate of drug-likeness (QED) is 0.647. The van der Waals surface area contributed by atoms with E-state index in [0.717, 1.165) is 11.3 Å². The number of aromatic nitrogens is 5. The van der Waals surface area contributed by atoms with Crippen LogP contribution in [0.15, 0.2) is 42.7 Å². The van der Waals surface area contributed by atoms with Crippen molar-refractivity contribution in [3.63, 3.8) is 0 Å². The van der Waals surface area contributed by atoms with E-state index >= 15 is 0 Å². The number of hydrogen-bond donors (Lipinski definition) is 2. The molecule has 0 aliphatic carbocycles. The second-order valence-corrected chi connectivity index (χ2v) is 6.57. The number of aromatic amines is 1. The fourth-order valence-corrected chi connectivity index (χ4v) is 2.63. The van der Waals surface area contributed by atoms with Gasteiger partial charge in [-0.3, -0.25) is 9.59 Å². The molecule has 28 heavy (non-hydrogen) atoms. The van der Waals surface area contributed by atoms with Gasteiger partial charge in [-0.25, -0.2) is 9.67 Å². The van der Waals surface area contributed by atoms with E-state index in [1.165, 1.54) is 15.8 Å². The highest BCUT2D eigenvalue weighted by Crippen LogP contribution is 2.20. The molecule has 3 aromatic rings. The van der Waals surface area contributed by atoms with Gasteiger partial charge in [0.05, 0.1) is 24.1 Å². The first-order valence-corrected chi connectivity index (χ1v) is 8.99. The lowest BCUT2D eigenvalue weighted by Gasteiger charge is -2.13. The predicted molar refractivity (Wildman–Crippen MR) is 103 cm³/mol. The zero-order chi connectivity index (χ0) is 20.1. The van der Waals surface area contributed by atoms with Gasteiger partial charge >= 0.3 is 0 Å². The summed E-state index contributed by atoms with van der Waals surface area (Å²) < 4.78 is 1.35. The van der Waals surface area contributed by atoms with Crippen LogP contribution in [-0.4, -0.2) is 55.8 Å². The zero-order valence-corrected chi connectivity index (χ0v) is 16.1. The molecule has 2 amide bonds. The highest BCUT2D eigenvalue weighted by molar-refractivity contribution is 5.92. The normalized spacial score (nSPS) is 11.8. The van der Waals surface area contributed by atoms with Gasteiger partial charge in [0.25, 0.3) is 5.91 Å². The minimum absolute atomic E-state index is 0.0309. The highest BCUT2D eigenvalue weighted by atomic mass is 16.2. The summed E-state index contributed by atoms with van der Waals surface area (Å²) in [5.74, 6) is 0.172. The highest BCUT2D eigenvalue weighted by Gasteiger charge is 2.20. The van der Waals surface area contributed by atoms with E-state index in [-0.39, 0.29) is 30.1 Å².